The van der Waals surface area contributed by atoms with Gasteiger partial charge < -0.3 is 9.47 Å². The summed E-state index contributed by atoms with van der Waals surface area (Å²) < 4.78 is 27.6. The Labute approximate surface area is 157 Å². The molecule has 1 heterocycles. The van der Waals surface area contributed by atoms with Crippen molar-refractivity contribution in [3.8, 4) is 5.69 Å². The number of carbonyl (C=O) groups excluding carboxylic acids is 1. The van der Waals surface area contributed by atoms with Gasteiger partial charge in [-0.1, -0.05) is 12.1 Å². The highest BCUT2D eigenvalue weighted by molar-refractivity contribution is 9.10. The van der Waals surface area contributed by atoms with E-state index >= 15 is 0 Å². The van der Waals surface area contributed by atoms with Crippen LogP contribution in [0.15, 0.2) is 34.8 Å². The zero-order chi connectivity index (χ0) is 18.8. The van der Waals surface area contributed by atoms with Crippen molar-refractivity contribution >= 4 is 31.9 Å². The van der Waals surface area contributed by atoms with E-state index in [4.69, 9.17) is 0 Å². The van der Waals surface area contributed by atoms with Crippen LogP contribution in [0, 0.1) is 13.8 Å². The molecule has 8 heteroatoms. The molecule has 2 aromatic rings. The SMILES string of the molecule is Cc1cc(C(=O)N(C)CCNS(C)(=O)=O)c(C)n1-c1ccccc1Br. The number of hydrogen-bond donors (Lipinski definition) is 1. The average Bonchev–Trinajstić information content (AvgIpc) is 2.81. The number of amides is 1. The number of hydrogen-bond acceptors (Lipinski definition) is 3. The Morgan fingerprint density at radius 2 is 1.92 bits per heavy atom. The van der Waals surface area contributed by atoms with Gasteiger partial charge in [0, 0.05) is 36.0 Å². The number of sulfonamides is 1. The summed E-state index contributed by atoms with van der Waals surface area (Å²) in [4.78, 5) is 14.2. The van der Waals surface area contributed by atoms with Crippen LogP contribution in [0.1, 0.15) is 21.7 Å². The lowest BCUT2D eigenvalue weighted by Crippen LogP contribution is -2.35. The van der Waals surface area contributed by atoms with Crippen LogP contribution >= 0.6 is 15.9 Å². The molecule has 1 aromatic heterocycles. The Bertz CT molecular complexity index is 891. The summed E-state index contributed by atoms with van der Waals surface area (Å²) in [5.41, 5.74) is 3.38. The lowest BCUT2D eigenvalue weighted by molar-refractivity contribution is 0.0797. The molecule has 136 valence electrons. The minimum absolute atomic E-state index is 0.137. The number of nitrogens with zero attached hydrogens (tertiary/aromatic N) is 2. The highest BCUT2D eigenvalue weighted by Crippen LogP contribution is 2.27. The van der Waals surface area contributed by atoms with Crippen molar-refractivity contribution in [3.05, 3.63) is 51.8 Å². The maximum absolute atomic E-state index is 12.7. The molecule has 1 amide bonds. The van der Waals surface area contributed by atoms with Crippen LogP contribution in [0.3, 0.4) is 0 Å². The van der Waals surface area contributed by atoms with Crippen molar-refractivity contribution in [2.24, 2.45) is 0 Å². The Morgan fingerprint density at radius 3 is 2.52 bits per heavy atom. The average molecular weight is 428 g/mol. The molecule has 0 saturated heterocycles. The molecule has 0 saturated carbocycles. The number of nitrogens with one attached hydrogen (secondary N) is 1. The summed E-state index contributed by atoms with van der Waals surface area (Å²) in [5, 5.41) is 0. The second-order valence-corrected chi connectivity index (χ2v) is 8.65. The van der Waals surface area contributed by atoms with Gasteiger partial charge in [-0.3, -0.25) is 4.79 Å². The molecule has 0 fully saturated rings. The van der Waals surface area contributed by atoms with Crippen LogP contribution < -0.4 is 4.72 Å². The van der Waals surface area contributed by atoms with Gasteiger partial charge in [0.25, 0.3) is 5.91 Å². The molecule has 0 spiro atoms. The van der Waals surface area contributed by atoms with Crippen LogP contribution in [0.5, 0.6) is 0 Å². The second kappa shape index (κ2) is 7.72. The zero-order valence-electron chi connectivity index (χ0n) is 14.7. The Morgan fingerprint density at radius 1 is 1.28 bits per heavy atom. The van der Waals surface area contributed by atoms with Crippen LogP contribution in [0.4, 0.5) is 0 Å². The van der Waals surface area contributed by atoms with Crippen LogP contribution in [0.2, 0.25) is 0 Å². The van der Waals surface area contributed by atoms with Gasteiger partial charge in [-0.15, -0.1) is 0 Å². The van der Waals surface area contributed by atoms with E-state index in [-0.39, 0.29) is 12.5 Å². The Balaban J connectivity index is 2.25. The van der Waals surface area contributed by atoms with E-state index in [0.717, 1.165) is 27.8 Å². The van der Waals surface area contributed by atoms with Gasteiger partial charge in [0.05, 0.1) is 17.5 Å². The third-order valence-electron chi connectivity index (χ3n) is 3.91. The van der Waals surface area contributed by atoms with Crippen molar-refractivity contribution in [2.45, 2.75) is 13.8 Å². The lowest BCUT2D eigenvalue weighted by Gasteiger charge is -2.17. The number of carbonyl (C=O) groups is 1. The first-order valence-electron chi connectivity index (χ1n) is 7.75. The highest BCUT2D eigenvalue weighted by Gasteiger charge is 2.20. The number of para-hydroxylation sites is 1. The molecule has 1 N–H and O–H groups in total. The molecule has 0 aliphatic rings. The largest absolute Gasteiger partial charge is 0.340 e. The van der Waals surface area contributed by atoms with Crippen molar-refractivity contribution in [1.29, 1.82) is 0 Å². The minimum Gasteiger partial charge on any atom is -0.340 e. The van der Waals surface area contributed by atoms with Crippen LogP contribution in [-0.4, -0.2) is 50.2 Å². The summed E-state index contributed by atoms with van der Waals surface area (Å²) in [7, 11) is -1.60. The molecular formula is C17H22BrN3O3S. The van der Waals surface area contributed by atoms with E-state index in [2.05, 4.69) is 20.7 Å². The maximum atomic E-state index is 12.7. The number of halogens is 1. The van der Waals surface area contributed by atoms with E-state index in [0.29, 0.717) is 12.1 Å². The molecule has 0 unspecified atom stereocenters. The zero-order valence-corrected chi connectivity index (χ0v) is 17.1. The van der Waals surface area contributed by atoms with Gasteiger partial charge in [0.15, 0.2) is 0 Å². The molecular weight excluding hydrogens is 406 g/mol. The predicted octanol–water partition coefficient (Wildman–Crippen LogP) is 2.48. The van der Waals surface area contributed by atoms with Crippen molar-refractivity contribution in [2.75, 3.05) is 26.4 Å². The Hall–Kier alpha value is -1.64. The molecule has 0 atom stereocenters. The van der Waals surface area contributed by atoms with Gasteiger partial charge in [0.1, 0.15) is 0 Å². The standard InChI is InChI=1S/C17H22BrN3O3S/c1-12-11-14(17(22)20(3)10-9-19-25(4,23)24)13(2)21(12)16-8-6-5-7-15(16)18/h5-8,11,19H,9-10H2,1-4H3. The monoisotopic (exact) mass is 427 g/mol. The number of aromatic nitrogens is 1. The smallest absolute Gasteiger partial charge is 0.255 e. The van der Waals surface area contributed by atoms with Gasteiger partial charge in [0.2, 0.25) is 10.0 Å². The summed E-state index contributed by atoms with van der Waals surface area (Å²) in [6, 6.07) is 9.69. The van der Waals surface area contributed by atoms with E-state index in [1.807, 2.05) is 48.7 Å². The second-order valence-electron chi connectivity index (χ2n) is 5.96. The number of aryl methyl sites for hydroxylation is 1. The van der Waals surface area contributed by atoms with Crippen molar-refractivity contribution in [3.63, 3.8) is 0 Å². The van der Waals surface area contributed by atoms with Gasteiger partial charge in [-0.2, -0.15) is 0 Å². The molecule has 0 bridgehead atoms. The minimum atomic E-state index is -3.26. The van der Waals surface area contributed by atoms with Crippen LogP contribution in [0.25, 0.3) is 5.69 Å². The fourth-order valence-electron chi connectivity index (χ4n) is 2.69. The predicted molar refractivity (Wildman–Crippen MR) is 103 cm³/mol. The number of rotatable bonds is 6. The quantitative estimate of drug-likeness (QED) is 0.769. The highest BCUT2D eigenvalue weighted by atomic mass is 79.9. The maximum Gasteiger partial charge on any atom is 0.255 e. The molecule has 0 aliphatic heterocycles. The molecule has 6 nitrogen and oxygen atoms in total. The molecule has 0 aliphatic carbocycles. The van der Waals surface area contributed by atoms with E-state index < -0.39 is 10.0 Å². The van der Waals surface area contributed by atoms with Crippen LogP contribution in [-0.2, 0) is 10.0 Å². The Kier molecular flexibility index (Phi) is 6.08. The van der Waals surface area contributed by atoms with E-state index in [9.17, 15) is 13.2 Å². The van der Waals surface area contributed by atoms with Gasteiger partial charge >= 0.3 is 0 Å². The summed E-state index contributed by atoms with van der Waals surface area (Å²) in [6.07, 6.45) is 1.10. The number of likely N-dealkylation sites (N-methyl/N-ethyl adjacent to an activating group) is 1. The number of benzene rings is 1. The summed E-state index contributed by atoms with van der Waals surface area (Å²) >= 11 is 3.55. The van der Waals surface area contributed by atoms with Crippen molar-refractivity contribution in [1.82, 2.24) is 14.2 Å². The molecule has 2 rings (SSSR count). The fraction of sp³-hybridized carbons (Fsp3) is 0.353. The van der Waals surface area contributed by atoms with Crippen molar-refractivity contribution < 1.29 is 13.2 Å². The lowest BCUT2D eigenvalue weighted by atomic mass is 10.2. The third-order valence-corrected chi connectivity index (χ3v) is 5.31. The first kappa shape index (κ1) is 19.7. The fourth-order valence-corrected chi connectivity index (χ4v) is 3.61. The molecule has 25 heavy (non-hydrogen) atoms. The van der Waals surface area contributed by atoms with Gasteiger partial charge in [-0.25, -0.2) is 13.1 Å². The normalized spacial score (nSPS) is 11.6. The first-order valence-corrected chi connectivity index (χ1v) is 10.4. The molecule has 1 aromatic carbocycles. The third kappa shape index (κ3) is 4.71. The van der Waals surface area contributed by atoms with Gasteiger partial charge in [-0.05, 0) is 48.0 Å². The summed E-state index contributed by atoms with van der Waals surface area (Å²) in [6.45, 7) is 4.34. The first-order chi connectivity index (χ1) is 11.6. The summed E-state index contributed by atoms with van der Waals surface area (Å²) in [5.74, 6) is -0.137. The van der Waals surface area contributed by atoms with E-state index in [1.54, 1.807) is 7.05 Å². The van der Waals surface area contributed by atoms with E-state index in [1.165, 1.54) is 4.90 Å². The molecule has 0 radical (unpaired) electrons. The topological polar surface area (TPSA) is 71.4 Å².